The van der Waals surface area contributed by atoms with Crippen molar-refractivity contribution in [3.05, 3.63) is 47.9 Å². The normalized spacial score (nSPS) is 11.1. The summed E-state index contributed by atoms with van der Waals surface area (Å²) < 4.78 is 1.98. The molecule has 0 saturated heterocycles. The number of hydrogen-bond acceptors (Lipinski definition) is 4. The molecule has 3 aromatic rings. The standard InChI is InChI=1S/C18H18N4O/c1-21(2)11-16-14(9-19)18-15(22(16)3)7-13(8-17(18)23)12-5-4-6-20-10-12/h4-8,10,23H,11H2,1-3H3. The van der Waals surface area contributed by atoms with E-state index in [0.29, 0.717) is 17.5 Å². The van der Waals surface area contributed by atoms with Gasteiger partial charge < -0.3 is 14.6 Å². The van der Waals surface area contributed by atoms with Crippen LogP contribution in [-0.2, 0) is 13.6 Å². The Kier molecular flexibility index (Phi) is 3.77. The molecule has 116 valence electrons. The number of rotatable bonds is 3. The fourth-order valence-electron chi connectivity index (χ4n) is 2.90. The number of hydrogen-bond donors (Lipinski definition) is 1. The quantitative estimate of drug-likeness (QED) is 0.808. The average molecular weight is 306 g/mol. The fraction of sp³-hybridized carbons (Fsp3) is 0.222. The van der Waals surface area contributed by atoms with Crippen LogP contribution in [0.15, 0.2) is 36.7 Å². The first-order valence-electron chi connectivity index (χ1n) is 7.32. The van der Waals surface area contributed by atoms with Crippen molar-refractivity contribution in [3.8, 4) is 22.9 Å². The summed E-state index contributed by atoms with van der Waals surface area (Å²) >= 11 is 0. The molecule has 0 saturated carbocycles. The third kappa shape index (κ3) is 2.54. The highest BCUT2D eigenvalue weighted by Crippen LogP contribution is 2.36. The van der Waals surface area contributed by atoms with Crippen LogP contribution >= 0.6 is 0 Å². The van der Waals surface area contributed by atoms with Crippen LogP contribution in [0.25, 0.3) is 22.0 Å². The van der Waals surface area contributed by atoms with Gasteiger partial charge in [-0.1, -0.05) is 6.07 Å². The minimum Gasteiger partial charge on any atom is -0.507 e. The highest BCUT2D eigenvalue weighted by atomic mass is 16.3. The molecule has 0 atom stereocenters. The van der Waals surface area contributed by atoms with E-state index < -0.39 is 0 Å². The Balaban J connectivity index is 2.30. The zero-order chi connectivity index (χ0) is 16.6. The molecule has 1 aromatic carbocycles. The van der Waals surface area contributed by atoms with E-state index in [1.165, 1.54) is 0 Å². The number of benzene rings is 1. The van der Waals surface area contributed by atoms with Crippen LogP contribution in [-0.4, -0.2) is 33.7 Å². The fourth-order valence-corrected chi connectivity index (χ4v) is 2.90. The molecule has 0 amide bonds. The Morgan fingerprint density at radius 3 is 2.70 bits per heavy atom. The van der Waals surface area contributed by atoms with Crippen molar-refractivity contribution in [2.45, 2.75) is 6.54 Å². The number of phenols is 1. The van der Waals surface area contributed by atoms with E-state index in [1.54, 1.807) is 18.5 Å². The molecule has 5 heteroatoms. The van der Waals surface area contributed by atoms with Gasteiger partial charge in [0.1, 0.15) is 11.8 Å². The first-order chi connectivity index (χ1) is 11.0. The monoisotopic (exact) mass is 306 g/mol. The van der Waals surface area contributed by atoms with Crippen molar-refractivity contribution in [1.82, 2.24) is 14.5 Å². The third-order valence-electron chi connectivity index (χ3n) is 3.97. The van der Waals surface area contributed by atoms with E-state index in [1.807, 2.05) is 48.8 Å². The second kappa shape index (κ2) is 5.75. The van der Waals surface area contributed by atoms with Gasteiger partial charge in [0.2, 0.25) is 0 Å². The number of fused-ring (bicyclic) bond motifs is 1. The van der Waals surface area contributed by atoms with Gasteiger partial charge in [0.15, 0.2) is 0 Å². The van der Waals surface area contributed by atoms with E-state index in [2.05, 4.69) is 11.1 Å². The second-order valence-electron chi connectivity index (χ2n) is 5.86. The van der Waals surface area contributed by atoms with Crippen LogP contribution < -0.4 is 0 Å². The molecular weight excluding hydrogens is 288 g/mol. The lowest BCUT2D eigenvalue weighted by molar-refractivity contribution is 0.391. The summed E-state index contributed by atoms with van der Waals surface area (Å²) in [7, 11) is 5.84. The minimum absolute atomic E-state index is 0.124. The molecule has 0 fully saturated rings. The SMILES string of the molecule is CN(C)Cc1c(C#N)c2c(O)cc(-c3cccnc3)cc2n1C. The Morgan fingerprint density at radius 1 is 1.30 bits per heavy atom. The summed E-state index contributed by atoms with van der Waals surface area (Å²) in [6.07, 6.45) is 3.48. The van der Waals surface area contributed by atoms with Gasteiger partial charge in [-0.15, -0.1) is 0 Å². The Labute approximate surface area is 135 Å². The number of nitrogens with zero attached hydrogens (tertiary/aromatic N) is 4. The van der Waals surface area contributed by atoms with E-state index in [0.717, 1.165) is 22.3 Å². The van der Waals surface area contributed by atoms with Gasteiger partial charge in [0.25, 0.3) is 0 Å². The molecule has 0 radical (unpaired) electrons. The van der Waals surface area contributed by atoms with Crippen molar-refractivity contribution in [2.24, 2.45) is 7.05 Å². The third-order valence-corrected chi connectivity index (χ3v) is 3.97. The molecule has 0 aliphatic rings. The summed E-state index contributed by atoms with van der Waals surface area (Å²) in [5.41, 5.74) is 4.08. The van der Waals surface area contributed by atoms with Gasteiger partial charge >= 0.3 is 0 Å². The van der Waals surface area contributed by atoms with Crippen molar-refractivity contribution in [3.63, 3.8) is 0 Å². The predicted molar refractivity (Wildman–Crippen MR) is 89.9 cm³/mol. The van der Waals surface area contributed by atoms with Gasteiger partial charge in [-0.05, 0) is 37.9 Å². The highest BCUT2D eigenvalue weighted by Gasteiger charge is 2.19. The maximum atomic E-state index is 10.5. The average Bonchev–Trinajstić information content (AvgIpc) is 2.80. The molecule has 3 rings (SSSR count). The van der Waals surface area contributed by atoms with Crippen molar-refractivity contribution < 1.29 is 5.11 Å². The number of aromatic hydroxyl groups is 1. The Bertz CT molecular complexity index is 904. The van der Waals surface area contributed by atoms with Gasteiger partial charge in [0, 0.05) is 31.5 Å². The molecule has 0 spiro atoms. The highest BCUT2D eigenvalue weighted by molar-refractivity contribution is 5.96. The van der Waals surface area contributed by atoms with E-state index in [-0.39, 0.29) is 5.75 Å². The molecule has 23 heavy (non-hydrogen) atoms. The Morgan fingerprint density at radius 2 is 2.09 bits per heavy atom. The summed E-state index contributed by atoms with van der Waals surface area (Å²) in [4.78, 5) is 6.13. The molecule has 0 bridgehead atoms. The van der Waals surface area contributed by atoms with Gasteiger partial charge in [-0.3, -0.25) is 4.98 Å². The Hall–Kier alpha value is -2.84. The predicted octanol–water partition coefficient (Wildman–Crippen LogP) is 2.88. The number of nitriles is 1. The molecule has 2 aromatic heterocycles. The second-order valence-corrected chi connectivity index (χ2v) is 5.86. The van der Waals surface area contributed by atoms with Crippen molar-refractivity contribution >= 4 is 10.9 Å². The zero-order valence-corrected chi connectivity index (χ0v) is 13.4. The lowest BCUT2D eigenvalue weighted by atomic mass is 10.0. The van der Waals surface area contributed by atoms with Gasteiger partial charge in [0.05, 0.1) is 22.2 Å². The number of phenolic OH excluding ortho intramolecular Hbond substituents is 1. The summed E-state index contributed by atoms with van der Waals surface area (Å²) in [6.45, 7) is 0.635. The smallest absolute Gasteiger partial charge is 0.126 e. The van der Waals surface area contributed by atoms with Crippen LogP contribution in [0, 0.1) is 11.3 Å². The number of aromatic nitrogens is 2. The maximum Gasteiger partial charge on any atom is 0.126 e. The molecule has 1 N–H and O–H groups in total. The molecule has 0 unspecified atom stereocenters. The molecule has 0 aliphatic carbocycles. The number of pyridine rings is 1. The molecule has 2 heterocycles. The number of aryl methyl sites for hydroxylation is 1. The van der Waals surface area contributed by atoms with Crippen LogP contribution in [0.1, 0.15) is 11.3 Å². The summed E-state index contributed by atoms with van der Waals surface area (Å²) in [6, 6.07) is 9.74. The summed E-state index contributed by atoms with van der Waals surface area (Å²) in [5.74, 6) is 0.124. The minimum atomic E-state index is 0.124. The first-order valence-corrected chi connectivity index (χ1v) is 7.32. The molecule has 5 nitrogen and oxygen atoms in total. The maximum absolute atomic E-state index is 10.5. The van der Waals surface area contributed by atoms with Crippen molar-refractivity contribution in [1.29, 1.82) is 5.26 Å². The zero-order valence-electron chi connectivity index (χ0n) is 13.4. The van der Waals surface area contributed by atoms with Gasteiger partial charge in [-0.2, -0.15) is 5.26 Å². The van der Waals surface area contributed by atoms with Crippen LogP contribution in [0.5, 0.6) is 5.75 Å². The van der Waals surface area contributed by atoms with Gasteiger partial charge in [-0.25, -0.2) is 0 Å². The topological polar surface area (TPSA) is 65.1 Å². The summed E-state index contributed by atoms with van der Waals surface area (Å²) in [5, 5.41) is 20.7. The van der Waals surface area contributed by atoms with Crippen LogP contribution in [0.4, 0.5) is 0 Å². The molecular formula is C18H18N4O. The lowest BCUT2D eigenvalue weighted by Crippen LogP contribution is -2.14. The lowest BCUT2D eigenvalue weighted by Gasteiger charge is -2.11. The van der Waals surface area contributed by atoms with Crippen LogP contribution in [0.2, 0.25) is 0 Å². The van der Waals surface area contributed by atoms with Crippen molar-refractivity contribution in [2.75, 3.05) is 14.1 Å². The van der Waals surface area contributed by atoms with E-state index in [9.17, 15) is 10.4 Å². The largest absolute Gasteiger partial charge is 0.507 e. The first kappa shape index (κ1) is 15.1. The van der Waals surface area contributed by atoms with E-state index in [4.69, 9.17) is 0 Å². The van der Waals surface area contributed by atoms with Crippen LogP contribution in [0.3, 0.4) is 0 Å². The van der Waals surface area contributed by atoms with E-state index >= 15 is 0 Å². The molecule has 0 aliphatic heterocycles.